The number of methoxy groups -OCH3 is 3. The van der Waals surface area contributed by atoms with Crippen molar-refractivity contribution in [2.45, 2.75) is 31.1 Å². The Morgan fingerprint density at radius 2 is 1.72 bits per heavy atom. The molecule has 1 aliphatic carbocycles. The molecule has 29 heavy (non-hydrogen) atoms. The molecule has 0 bridgehead atoms. The van der Waals surface area contributed by atoms with Gasteiger partial charge in [0.1, 0.15) is 0 Å². The first kappa shape index (κ1) is 19.5. The number of rotatable bonds is 5. The Labute approximate surface area is 173 Å². The number of carbonyl (C=O) groups excluding carboxylic acids is 2. The summed E-state index contributed by atoms with van der Waals surface area (Å²) in [4.78, 5) is 26.8. The van der Waals surface area contributed by atoms with Crippen molar-refractivity contribution in [3.8, 4) is 17.2 Å². The summed E-state index contributed by atoms with van der Waals surface area (Å²) >= 11 is 1.65. The van der Waals surface area contributed by atoms with Crippen molar-refractivity contribution in [3.63, 3.8) is 0 Å². The van der Waals surface area contributed by atoms with Crippen LogP contribution >= 0.6 is 11.3 Å². The van der Waals surface area contributed by atoms with Crippen LogP contribution in [0.25, 0.3) is 0 Å². The molecule has 0 unspecified atom stereocenters. The fourth-order valence-electron chi connectivity index (χ4n) is 4.27. The topological polar surface area (TPSA) is 73.9 Å². The summed E-state index contributed by atoms with van der Waals surface area (Å²) in [6, 6.07) is 7.70. The minimum atomic E-state index is -0.329. The van der Waals surface area contributed by atoms with E-state index in [1.54, 1.807) is 32.7 Å². The standard InChI is InChI=1S/C22H23NO5S/c1-26-17-9-12(10-18(27-2)22(17)28-3)14-11-20(25)23-15-7-13(8-16(24)21(14)15)19-5-4-6-29-19/h4-6,9-10,13-14H,7-8,11H2,1-3H3,(H,23,25)/t13-,14+/m1/s1. The van der Waals surface area contributed by atoms with Gasteiger partial charge in [-0.05, 0) is 35.6 Å². The molecule has 1 N–H and O–H groups in total. The van der Waals surface area contributed by atoms with Gasteiger partial charge >= 0.3 is 0 Å². The van der Waals surface area contributed by atoms with Crippen molar-refractivity contribution in [3.05, 3.63) is 51.4 Å². The van der Waals surface area contributed by atoms with E-state index in [1.165, 1.54) is 4.88 Å². The summed E-state index contributed by atoms with van der Waals surface area (Å²) in [6.45, 7) is 0. The number of carbonyl (C=O) groups is 2. The summed E-state index contributed by atoms with van der Waals surface area (Å²) in [5.41, 5.74) is 2.26. The first-order chi connectivity index (χ1) is 14.0. The molecule has 7 heteroatoms. The molecule has 6 nitrogen and oxygen atoms in total. The van der Waals surface area contributed by atoms with Gasteiger partial charge in [0, 0.05) is 40.8 Å². The predicted octanol–water partition coefficient (Wildman–Crippen LogP) is 3.78. The number of benzene rings is 1. The highest BCUT2D eigenvalue weighted by atomic mass is 32.1. The van der Waals surface area contributed by atoms with E-state index < -0.39 is 0 Å². The van der Waals surface area contributed by atoms with Crippen LogP contribution in [0.2, 0.25) is 0 Å². The van der Waals surface area contributed by atoms with Crippen molar-refractivity contribution in [2.24, 2.45) is 0 Å². The Balaban J connectivity index is 1.77. The summed E-state index contributed by atoms with van der Waals surface area (Å²) in [5, 5.41) is 4.97. The number of thiophene rings is 1. The Hall–Kier alpha value is -2.80. The second-order valence-electron chi connectivity index (χ2n) is 7.20. The fourth-order valence-corrected chi connectivity index (χ4v) is 5.10. The van der Waals surface area contributed by atoms with Gasteiger partial charge in [-0.2, -0.15) is 0 Å². The lowest BCUT2D eigenvalue weighted by molar-refractivity contribution is -0.122. The van der Waals surface area contributed by atoms with E-state index in [4.69, 9.17) is 14.2 Å². The number of allylic oxidation sites excluding steroid dienone is 2. The highest BCUT2D eigenvalue weighted by Gasteiger charge is 2.39. The SMILES string of the molecule is COc1cc([C@@H]2CC(=O)NC3=C2C(=O)C[C@H](c2cccs2)C3)cc(OC)c1OC. The first-order valence-electron chi connectivity index (χ1n) is 9.45. The number of nitrogens with one attached hydrogen (secondary N) is 1. The van der Waals surface area contributed by atoms with Gasteiger partial charge in [0.05, 0.1) is 21.3 Å². The van der Waals surface area contributed by atoms with E-state index >= 15 is 0 Å². The number of hydrogen-bond donors (Lipinski definition) is 1. The zero-order valence-electron chi connectivity index (χ0n) is 16.6. The number of amides is 1. The summed E-state index contributed by atoms with van der Waals surface area (Å²) < 4.78 is 16.3. The van der Waals surface area contributed by atoms with Gasteiger partial charge in [0.2, 0.25) is 11.7 Å². The molecule has 4 rings (SSSR count). The molecule has 0 spiro atoms. The fraction of sp³-hybridized carbons (Fsp3) is 0.364. The summed E-state index contributed by atoms with van der Waals surface area (Å²) in [7, 11) is 4.65. The lowest BCUT2D eigenvalue weighted by Crippen LogP contribution is -2.38. The van der Waals surface area contributed by atoms with Gasteiger partial charge in [-0.3, -0.25) is 9.59 Å². The van der Waals surface area contributed by atoms with Crippen molar-refractivity contribution >= 4 is 23.0 Å². The average Bonchev–Trinajstić information content (AvgIpc) is 3.26. The van der Waals surface area contributed by atoms with E-state index in [-0.39, 0.29) is 29.9 Å². The molecule has 0 saturated heterocycles. The molecular weight excluding hydrogens is 390 g/mol. The maximum atomic E-state index is 13.2. The number of ether oxygens (including phenoxy) is 3. The van der Waals surface area contributed by atoms with Gasteiger partial charge in [0.15, 0.2) is 17.3 Å². The van der Waals surface area contributed by atoms with Gasteiger partial charge in [0.25, 0.3) is 0 Å². The van der Waals surface area contributed by atoms with Crippen LogP contribution in [0.3, 0.4) is 0 Å². The van der Waals surface area contributed by atoms with Crippen molar-refractivity contribution in [2.75, 3.05) is 21.3 Å². The number of Topliss-reactive ketones (excluding diaryl/α,β-unsaturated/α-hetero) is 1. The minimum Gasteiger partial charge on any atom is -0.493 e. The second kappa shape index (κ2) is 7.91. The summed E-state index contributed by atoms with van der Waals surface area (Å²) in [6.07, 6.45) is 1.33. The second-order valence-corrected chi connectivity index (χ2v) is 8.18. The molecule has 0 saturated carbocycles. The molecule has 152 valence electrons. The molecule has 1 amide bonds. The molecule has 1 aromatic carbocycles. The molecule has 1 aromatic heterocycles. The third-order valence-corrected chi connectivity index (χ3v) is 6.61. The molecule has 2 aromatic rings. The maximum Gasteiger partial charge on any atom is 0.225 e. The molecule has 1 aliphatic heterocycles. The van der Waals surface area contributed by atoms with E-state index in [0.29, 0.717) is 35.7 Å². The Bertz CT molecular complexity index is 954. The number of hydrogen-bond acceptors (Lipinski definition) is 6. The van der Waals surface area contributed by atoms with E-state index in [0.717, 1.165) is 11.3 Å². The van der Waals surface area contributed by atoms with Crippen LogP contribution in [0.15, 0.2) is 40.9 Å². The van der Waals surface area contributed by atoms with E-state index in [2.05, 4.69) is 11.4 Å². The summed E-state index contributed by atoms with van der Waals surface area (Å²) in [5.74, 6) is 1.29. The van der Waals surface area contributed by atoms with Crippen LogP contribution in [0, 0.1) is 0 Å². The van der Waals surface area contributed by atoms with Gasteiger partial charge in [-0.1, -0.05) is 6.07 Å². The molecular formula is C22H23NO5S. The molecule has 0 radical (unpaired) electrons. The molecule has 0 fully saturated rings. The molecule has 2 heterocycles. The predicted molar refractivity (Wildman–Crippen MR) is 110 cm³/mol. The van der Waals surface area contributed by atoms with Crippen LogP contribution in [-0.4, -0.2) is 33.0 Å². The van der Waals surface area contributed by atoms with Crippen molar-refractivity contribution < 1.29 is 23.8 Å². The third-order valence-electron chi connectivity index (χ3n) is 5.57. The number of ketones is 1. The molecule has 2 aliphatic rings. The van der Waals surface area contributed by atoms with E-state index in [1.807, 2.05) is 23.6 Å². The van der Waals surface area contributed by atoms with Crippen LogP contribution in [0.5, 0.6) is 17.2 Å². The smallest absolute Gasteiger partial charge is 0.225 e. The highest BCUT2D eigenvalue weighted by molar-refractivity contribution is 7.10. The highest BCUT2D eigenvalue weighted by Crippen LogP contribution is 2.46. The normalized spacial score (nSPS) is 21.5. The first-order valence-corrected chi connectivity index (χ1v) is 10.3. The van der Waals surface area contributed by atoms with Crippen LogP contribution in [0.1, 0.15) is 41.5 Å². The van der Waals surface area contributed by atoms with Gasteiger partial charge in [-0.25, -0.2) is 0 Å². The Morgan fingerprint density at radius 1 is 1.00 bits per heavy atom. The monoisotopic (exact) mass is 413 g/mol. The largest absolute Gasteiger partial charge is 0.493 e. The minimum absolute atomic E-state index is 0.0814. The van der Waals surface area contributed by atoms with Gasteiger partial charge in [-0.15, -0.1) is 11.3 Å². The molecule has 2 atom stereocenters. The van der Waals surface area contributed by atoms with Crippen molar-refractivity contribution in [1.29, 1.82) is 0 Å². The lowest BCUT2D eigenvalue weighted by atomic mass is 9.74. The van der Waals surface area contributed by atoms with Crippen molar-refractivity contribution in [1.82, 2.24) is 5.32 Å². The van der Waals surface area contributed by atoms with Gasteiger partial charge < -0.3 is 19.5 Å². The zero-order chi connectivity index (χ0) is 20.5. The Kier molecular flexibility index (Phi) is 5.32. The zero-order valence-corrected chi connectivity index (χ0v) is 17.4. The van der Waals surface area contributed by atoms with Crippen LogP contribution in [-0.2, 0) is 9.59 Å². The maximum absolute atomic E-state index is 13.2. The quantitative estimate of drug-likeness (QED) is 0.808. The average molecular weight is 413 g/mol. The van der Waals surface area contributed by atoms with Crippen LogP contribution in [0.4, 0.5) is 0 Å². The van der Waals surface area contributed by atoms with Crippen LogP contribution < -0.4 is 19.5 Å². The Morgan fingerprint density at radius 3 is 2.31 bits per heavy atom. The third kappa shape index (κ3) is 3.51. The lowest BCUT2D eigenvalue weighted by Gasteiger charge is -2.34. The van der Waals surface area contributed by atoms with E-state index in [9.17, 15) is 9.59 Å².